The highest BCUT2D eigenvalue weighted by molar-refractivity contribution is 5.89. The van der Waals surface area contributed by atoms with Gasteiger partial charge < -0.3 is 15.7 Å². The largest absolute Gasteiger partial charge is 0.507 e. The molecule has 8 aromatic rings. The Morgan fingerprint density at radius 1 is 0.431 bits per heavy atom. The molecular weight excluding hydrogens is 705 g/mol. The number of para-hydroxylation sites is 2. The van der Waals surface area contributed by atoms with E-state index in [1.54, 1.807) is 6.07 Å². The summed E-state index contributed by atoms with van der Waals surface area (Å²) in [4.78, 5) is 0. The second-order valence-corrected chi connectivity index (χ2v) is 15.2. The lowest BCUT2D eigenvalue weighted by Crippen LogP contribution is -2.21. The van der Waals surface area contributed by atoms with E-state index < -0.39 is 0 Å². The van der Waals surface area contributed by atoms with Gasteiger partial charge in [-0.25, -0.2) is 0 Å². The Kier molecular flexibility index (Phi) is 10.0. The molecule has 0 radical (unpaired) electrons. The highest BCUT2D eigenvalue weighted by Gasteiger charge is 2.29. The molecule has 3 N–H and O–H groups in total. The number of phenolic OH excluding ortho intramolecular Hbond substituents is 1. The Balaban J connectivity index is 1.08. The average Bonchev–Trinajstić information content (AvgIpc) is 3.28. The van der Waals surface area contributed by atoms with Gasteiger partial charge in [-0.05, 0) is 106 Å². The van der Waals surface area contributed by atoms with Gasteiger partial charge >= 0.3 is 0 Å². The molecule has 0 aromatic heterocycles. The molecule has 9 rings (SSSR count). The number of anilines is 4. The minimum Gasteiger partial charge on any atom is -0.507 e. The van der Waals surface area contributed by atoms with Crippen LogP contribution in [0.15, 0.2) is 218 Å². The maximum absolute atomic E-state index is 10.7. The number of nitrogens with one attached hydrogen (secondary N) is 2. The molecule has 1 aliphatic carbocycles. The van der Waals surface area contributed by atoms with Crippen molar-refractivity contribution in [2.75, 3.05) is 10.6 Å². The van der Waals surface area contributed by atoms with Gasteiger partial charge in [0.15, 0.2) is 0 Å². The molecule has 0 fully saturated rings. The molecule has 8 aromatic carbocycles. The van der Waals surface area contributed by atoms with Crippen LogP contribution in [0.2, 0.25) is 0 Å². The highest BCUT2D eigenvalue weighted by atomic mass is 16.3. The van der Waals surface area contributed by atoms with E-state index >= 15 is 0 Å². The summed E-state index contributed by atoms with van der Waals surface area (Å²) in [5, 5.41) is 18.1. The summed E-state index contributed by atoms with van der Waals surface area (Å²) in [7, 11) is 0. The average molecular weight is 749 g/mol. The number of rotatable bonds is 10. The van der Waals surface area contributed by atoms with Gasteiger partial charge in [-0.2, -0.15) is 0 Å². The van der Waals surface area contributed by atoms with Crippen molar-refractivity contribution >= 4 is 28.3 Å². The van der Waals surface area contributed by atoms with E-state index in [2.05, 4.69) is 200 Å². The predicted octanol–water partition coefficient (Wildman–Crippen LogP) is 14.8. The molecule has 3 nitrogen and oxygen atoms in total. The molecular formula is C55H44N2O. The van der Waals surface area contributed by atoms with Crippen LogP contribution in [0.4, 0.5) is 22.7 Å². The Bertz CT molecular complexity index is 2750. The van der Waals surface area contributed by atoms with Crippen LogP contribution in [-0.4, -0.2) is 5.11 Å². The predicted molar refractivity (Wildman–Crippen MR) is 245 cm³/mol. The summed E-state index contributed by atoms with van der Waals surface area (Å²) in [5.74, 6) is 0.287. The molecule has 280 valence electrons. The summed E-state index contributed by atoms with van der Waals surface area (Å²) in [6.45, 7) is 2.31. The fourth-order valence-electron chi connectivity index (χ4n) is 8.03. The fourth-order valence-corrected chi connectivity index (χ4v) is 8.03. The molecule has 0 saturated carbocycles. The monoisotopic (exact) mass is 748 g/mol. The molecule has 0 bridgehead atoms. The van der Waals surface area contributed by atoms with Gasteiger partial charge in [-0.3, -0.25) is 0 Å². The maximum Gasteiger partial charge on any atom is 0.123 e. The third-order valence-electron chi connectivity index (χ3n) is 11.2. The lowest BCUT2D eigenvalue weighted by atomic mass is 9.72. The van der Waals surface area contributed by atoms with E-state index in [-0.39, 0.29) is 11.2 Å². The summed E-state index contributed by atoms with van der Waals surface area (Å²) >= 11 is 0. The highest BCUT2D eigenvalue weighted by Crippen LogP contribution is 2.44. The Morgan fingerprint density at radius 2 is 0.966 bits per heavy atom. The van der Waals surface area contributed by atoms with E-state index in [0.29, 0.717) is 0 Å². The zero-order valence-electron chi connectivity index (χ0n) is 32.4. The third-order valence-corrected chi connectivity index (χ3v) is 11.2. The summed E-state index contributed by atoms with van der Waals surface area (Å²) in [6.07, 6.45) is 7.57. The van der Waals surface area contributed by atoms with Crippen molar-refractivity contribution in [3.63, 3.8) is 0 Å². The SMILES string of the molecule is CC1(c2cccc(-c3ccccc3O)c2)C=CC=C(c2cc(-c3ccc(Nc4ccc(-c5ccccc5)cc4)c(-c4ccccc4)c3)ccc2Nc2ccccc2)C1. The summed E-state index contributed by atoms with van der Waals surface area (Å²) in [6, 6.07) is 69.8. The molecule has 1 aliphatic rings. The first kappa shape index (κ1) is 36.3. The maximum atomic E-state index is 10.7. The van der Waals surface area contributed by atoms with E-state index in [4.69, 9.17) is 0 Å². The van der Waals surface area contributed by atoms with E-state index in [1.807, 2.05) is 30.3 Å². The number of allylic oxidation sites excluding steroid dienone is 4. The van der Waals surface area contributed by atoms with E-state index in [0.717, 1.165) is 68.1 Å². The first-order valence-electron chi connectivity index (χ1n) is 19.9. The van der Waals surface area contributed by atoms with Gasteiger partial charge in [0.05, 0.1) is 0 Å². The van der Waals surface area contributed by atoms with Gasteiger partial charge in [-0.15, -0.1) is 0 Å². The molecule has 1 unspecified atom stereocenters. The van der Waals surface area contributed by atoms with Crippen molar-refractivity contribution in [2.24, 2.45) is 0 Å². The van der Waals surface area contributed by atoms with Crippen LogP contribution in [0.3, 0.4) is 0 Å². The Morgan fingerprint density at radius 3 is 1.66 bits per heavy atom. The number of phenols is 1. The first-order chi connectivity index (χ1) is 28.5. The molecule has 1 atom stereocenters. The van der Waals surface area contributed by atoms with Crippen LogP contribution in [-0.2, 0) is 5.41 Å². The van der Waals surface area contributed by atoms with E-state index in [1.165, 1.54) is 22.3 Å². The third kappa shape index (κ3) is 7.71. The molecule has 3 heteroatoms. The van der Waals surface area contributed by atoms with Crippen molar-refractivity contribution in [3.05, 3.63) is 230 Å². The summed E-state index contributed by atoms with van der Waals surface area (Å²) < 4.78 is 0. The zero-order valence-corrected chi connectivity index (χ0v) is 32.4. The van der Waals surface area contributed by atoms with Crippen LogP contribution < -0.4 is 10.6 Å². The van der Waals surface area contributed by atoms with Crippen molar-refractivity contribution in [1.82, 2.24) is 0 Å². The number of hydrogen-bond acceptors (Lipinski definition) is 3. The molecule has 0 heterocycles. The number of aromatic hydroxyl groups is 1. The van der Waals surface area contributed by atoms with Gasteiger partial charge in [0, 0.05) is 44.9 Å². The topological polar surface area (TPSA) is 44.3 Å². The smallest absolute Gasteiger partial charge is 0.123 e. The minimum absolute atomic E-state index is 0.266. The molecule has 0 amide bonds. The lowest BCUT2D eigenvalue weighted by molar-refractivity contribution is 0.477. The van der Waals surface area contributed by atoms with Crippen LogP contribution in [0.25, 0.3) is 50.1 Å². The number of benzene rings is 8. The van der Waals surface area contributed by atoms with Crippen LogP contribution >= 0.6 is 0 Å². The van der Waals surface area contributed by atoms with Crippen LogP contribution in [0.1, 0.15) is 24.5 Å². The second-order valence-electron chi connectivity index (χ2n) is 15.2. The Hall–Kier alpha value is -7.36. The van der Waals surface area contributed by atoms with Crippen molar-refractivity contribution in [2.45, 2.75) is 18.8 Å². The van der Waals surface area contributed by atoms with Gasteiger partial charge in [0.1, 0.15) is 5.75 Å². The van der Waals surface area contributed by atoms with Gasteiger partial charge in [0.25, 0.3) is 0 Å². The van der Waals surface area contributed by atoms with E-state index in [9.17, 15) is 5.11 Å². The van der Waals surface area contributed by atoms with Crippen molar-refractivity contribution in [3.8, 4) is 50.3 Å². The number of hydrogen-bond donors (Lipinski definition) is 3. The molecule has 58 heavy (non-hydrogen) atoms. The minimum atomic E-state index is -0.266. The molecule has 0 saturated heterocycles. The van der Waals surface area contributed by atoms with Crippen LogP contribution in [0.5, 0.6) is 5.75 Å². The zero-order chi connectivity index (χ0) is 39.3. The van der Waals surface area contributed by atoms with Gasteiger partial charge in [0.2, 0.25) is 0 Å². The lowest BCUT2D eigenvalue weighted by Gasteiger charge is -2.32. The standard InChI is InChI=1S/C55H44N2O/c1-55(46-21-13-19-44(35-46)49-24-11-12-25-54(49)58)34-14-20-45(38-55)51-37-43(29-33-53(51)56-47-22-9-4-10-23-47)42-28-32-52(50(36-42)41-17-7-3-8-18-41)57-48-30-26-40(27-31-48)39-15-5-2-6-16-39/h2-37,56-58H,38H2,1H3. The van der Waals surface area contributed by atoms with Gasteiger partial charge in [-0.1, -0.05) is 171 Å². The second kappa shape index (κ2) is 16.0. The fraction of sp³-hybridized carbons (Fsp3) is 0.0545. The van der Waals surface area contributed by atoms with Crippen molar-refractivity contribution < 1.29 is 5.11 Å². The van der Waals surface area contributed by atoms with Crippen LogP contribution in [0, 0.1) is 0 Å². The first-order valence-corrected chi connectivity index (χ1v) is 19.9. The summed E-state index contributed by atoms with van der Waals surface area (Å²) in [5.41, 5.74) is 16.3. The molecule has 0 aliphatic heterocycles. The molecule has 0 spiro atoms. The van der Waals surface area contributed by atoms with Crippen molar-refractivity contribution in [1.29, 1.82) is 0 Å². The normalized spacial score (nSPS) is 14.7. The Labute approximate surface area is 341 Å². The quantitative estimate of drug-likeness (QED) is 0.130.